The monoisotopic (exact) mass is 380 g/mol. The first-order valence-corrected chi connectivity index (χ1v) is 10.9. The lowest BCUT2D eigenvalue weighted by molar-refractivity contribution is -0.127. The summed E-state index contributed by atoms with van der Waals surface area (Å²) in [4.78, 5) is 12.7. The molecule has 1 amide bonds. The van der Waals surface area contributed by atoms with Gasteiger partial charge in [0.15, 0.2) is 0 Å². The molecule has 6 nitrogen and oxygen atoms in total. The van der Waals surface area contributed by atoms with E-state index in [1.165, 1.54) is 0 Å². The maximum Gasteiger partial charge on any atom is 0.225 e. The minimum Gasteiger partial charge on any atom is -0.383 e. The average molecular weight is 381 g/mol. The highest BCUT2D eigenvalue weighted by Crippen LogP contribution is 2.50. The number of hydrogen-bond acceptors (Lipinski definition) is 4. The average Bonchev–Trinajstić information content (AvgIpc) is 3.24. The number of amides is 1. The van der Waals surface area contributed by atoms with Gasteiger partial charge in [-0.15, -0.1) is 0 Å². The van der Waals surface area contributed by atoms with Crippen molar-refractivity contribution < 1.29 is 17.9 Å². The molecule has 1 atom stereocenters. The Balaban J connectivity index is 1.74. The number of ether oxygens (including phenoxy) is 1. The molecule has 0 radical (unpaired) electrons. The van der Waals surface area contributed by atoms with Crippen LogP contribution in [-0.2, 0) is 25.3 Å². The van der Waals surface area contributed by atoms with Gasteiger partial charge >= 0.3 is 0 Å². The van der Waals surface area contributed by atoms with Crippen LogP contribution in [0.3, 0.4) is 0 Å². The summed E-state index contributed by atoms with van der Waals surface area (Å²) in [5, 5.41) is 2.91. The van der Waals surface area contributed by atoms with Gasteiger partial charge in [0.05, 0.1) is 18.3 Å². The van der Waals surface area contributed by atoms with Crippen molar-refractivity contribution in [2.45, 2.75) is 31.4 Å². The van der Waals surface area contributed by atoms with Gasteiger partial charge in [-0.2, -0.15) is 0 Å². The Morgan fingerprint density at radius 3 is 2.62 bits per heavy atom. The highest BCUT2D eigenvalue weighted by atomic mass is 32.2. The van der Waals surface area contributed by atoms with Crippen LogP contribution in [0.2, 0.25) is 0 Å². The van der Waals surface area contributed by atoms with Crippen LogP contribution in [0.4, 0.5) is 0 Å². The molecular formula is C19H28N2O4S. The Labute approximate surface area is 156 Å². The SMILES string of the molecule is COCCNC(=O)C1CN(S(=O)(=O)Cc2ccccc2)CC12CCCC2. The van der Waals surface area contributed by atoms with Gasteiger partial charge in [-0.05, 0) is 23.8 Å². The van der Waals surface area contributed by atoms with Crippen LogP contribution in [0.5, 0.6) is 0 Å². The van der Waals surface area contributed by atoms with Gasteiger partial charge in [-0.3, -0.25) is 4.79 Å². The summed E-state index contributed by atoms with van der Waals surface area (Å²) >= 11 is 0. The van der Waals surface area contributed by atoms with Crippen molar-refractivity contribution in [3.05, 3.63) is 35.9 Å². The van der Waals surface area contributed by atoms with Crippen LogP contribution in [0, 0.1) is 11.3 Å². The largest absolute Gasteiger partial charge is 0.383 e. The summed E-state index contributed by atoms with van der Waals surface area (Å²) in [5.74, 6) is -0.323. The number of nitrogens with zero attached hydrogens (tertiary/aromatic N) is 1. The van der Waals surface area contributed by atoms with E-state index in [4.69, 9.17) is 4.74 Å². The predicted molar refractivity (Wildman–Crippen MR) is 99.9 cm³/mol. The van der Waals surface area contributed by atoms with Crippen LogP contribution in [0.1, 0.15) is 31.2 Å². The van der Waals surface area contributed by atoms with Crippen molar-refractivity contribution in [2.24, 2.45) is 11.3 Å². The molecule has 0 bridgehead atoms. The fourth-order valence-electron chi connectivity index (χ4n) is 4.36. The second kappa shape index (κ2) is 8.06. The van der Waals surface area contributed by atoms with Crippen molar-refractivity contribution in [1.29, 1.82) is 0 Å². The van der Waals surface area contributed by atoms with E-state index < -0.39 is 10.0 Å². The van der Waals surface area contributed by atoms with Crippen LogP contribution in [0.15, 0.2) is 30.3 Å². The molecule has 144 valence electrons. The van der Waals surface area contributed by atoms with E-state index in [1.54, 1.807) is 11.4 Å². The molecule has 7 heteroatoms. The molecule has 1 unspecified atom stereocenters. The number of carbonyl (C=O) groups is 1. The number of nitrogens with one attached hydrogen (secondary N) is 1. The van der Waals surface area contributed by atoms with Gasteiger partial charge in [0.25, 0.3) is 0 Å². The normalized spacial score (nSPS) is 22.7. The van der Waals surface area contributed by atoms with Crippen molar-refractivity contribution in [2.75, 3.05) is 33.4 Å². The van der Waals surface area contributed by atoms with E-state index in [0.717, 1.165) is 31.2 Å². The highest BCUT2D eigenvalue weighted by molar-refractivity contribution is 7.88. The first-order chi connectivity index (χ1) is 12.5. The van der Waals surface area contributed by atoms with Crippen molar-refractivity contribution >= 4 is 15.9 Å². The molecule has 1 aromatic rings. The van der Waals surface area contributed by atoms with Crippen molar-refractivity contribution in [3.8, 4) is 0 Å². The van der Waals surface area contributed by atoms with Crippen LogP contribution >= 0.6 is 0 Å². The van der Waals surface area contributed by atoms with E-state index in [1.807, 2.05) is 30.3 Å². The Hall–Kier alpha value is -1.44. The second-order valence-corrected chi connectivity index (χ2v) is 9.41. The fraction of sp³-hybridized carbons (Fsp3) is 0.632. The molecule has 1 aliphatic heterocycles. The first kappa shape index (κ1) is 19.3. The number of methoxy groups -OCH3 is 1. The molecule has 1 aromatic carbocycles. The van der Waals surface area contributed by atoms with E-state index in [9.17, 15) is 13.2 Å². The number of benzene rings is 1. The van der Waals surface area contributed by atoms with Gasteiger partial charge in [0.2, 0.25) is 15.9 Å². The zero-order valence-corrected chi connectivity index (χ0v) is 16.1. The first-order valence-electron chi connectivity index (χ1n) is 9.25. The summed E-state index contributed by atoms with van der Waals surface area (Å²) in [6, 6.07) is 9.22. The van der Waals surface area contributed by atoms with Crippen molar-refractivity contribution in [1.82, 2.24) is 9.62 Å². The third-order valence-corrected chi connectivity index (χ3v) is 7.49. The molecule has 0 aromatic heterocycles. The second-order valence-electron chi connectivity index (χ2n) is 7.44. The predicted octanol–water partition coefficient (Wildman–Crippen LogP) is 1.77. The maximum atomic E-state index is 12.9. The minimum atomic E-state index is -3.44. The summed E-state index contributed by atoms with van der Waals surface area (Å²) in [6.45, 7) is 1.67. The van der Waals surface area contributed by atoms with Gasteiger partial charge in [-0.1, -0.05) is 43.2 Å². The Kier molecular flexibility index (Phi) is 5.99. The lowest BCUT2D eigenvalue weighted by atomic mass is 9.76. The highest BCUT2D eigenvalue weighted by Gasteiger charge is 2.53. The smallest absolute Gasteiger partial charge is 0.225 e. The van der Waals surface area contributed by atoms with E-state index >= 15 is 0 Å². The van der Waals surface area contributed by atoms with Gasteiger partial charge in [0.1, 0.15) is 0 Å². The minimum absolute atomic E-state index is 0.0120. The summed E-state index contributed by atoms with van der Waals surface area (Å²) in [6.07, 6.45) is 3.97. The fourth-order valence-corrected chi connectivity index (χ4v) is 5.98. The third kappa shape index (κ3) is 4.10. The van der Waals surface area contributed by atoms with Crippen LogP contribution in [0.25, 0.3) is 0 Å². The number of sulfonamides is 1. The summed E-state index contributed by atoms with van der Waals surface area (Å²) in [5.41, 5.74) is 0.571. The molecule has 1 heterocycles. The molecule has 2 aliphatic rings. The molecule has 1 spiro atoms. The summed E-state index contributed by atoms with van der Waals surface area (Å²) in [7, 11) is -1.84. The van der Waals surface area contributed by atoms with Crippen LogP contribution < -0.4 is 5.32 Å². The van der Waals surface area contributed by atoms with Gasteiger partial charge in [0, 0.05) is 26.7 Å². The zero-order chi connectivity index (χ0) is 18.6. The number of carbonyl (C=O) groups excluding carboxylic acids is 1. The molecule has 2 fully saturated rings. The Bertz CT molecular complexity index is 714. The lowest BCUT2D eigenvalue weighted by Crippen LogP contribution is -2.41. The summed E-state index contributed by atoms with van der Waals surface area (Å²) < 4.78 is 32.4. The number of rotatable bonds is 7. The molecular weight excluding hydrogens is 352 g/mol. The van der Waals surface area contributed by atoms with Crippen molar-refractivity contribution in [3.63, 3.8) is 0 Å². The molecule has 1 N–H and O–H groups in total. The van der Waals surface area contributed by atoms with Gasteiger partial charge < -0.3 is 10.1 Å². The molecule has 1 saturated carbocycles. The molecule has 26 heavy (non-hydrogen) atoms. The van der Waals surface area contributed by atoms with E-state index in [2.05, 4.69) is 5.32 Å². The molecule has 3 rings (SSSR count). The Morgan fingerprint density at radius 1 is 1.27 bits per heavy atom. The topological polar surface area (TPSA) is 75.7 Å². The molecule has 1 saturated heterocycles. The zero-order valence-electron chi connectivity index (χ0n) is 15.3. The van der Waals surface area contributed by atoms with Gasteiger partial charge in [-0.25, -0.2) is 12.7 Å². The van der Waals surface area contributed by atoms with E-state index in [-0.39, 0.29) is 29.5 Å². The number of hydrogen-bond donors (Lipinski definition) is 1. The van der Waals surface area contributed by atoms with Crippen LogP contribution in [-0.4, -0.2) is 52.0 Å². The molecule has 1 aliphatic carbocycles. The lowest BCUT2D eigenvalue weighted by Gasteiger charge is -2.29. The van der Waals surface area contributed by atoms with E-state index in [0.29, 0.717) is 19.7 Å². The maximum absolute atomic E-state index is 12.9. The quantitative estimate of drug-likeness (QED) is 0.732. The standard InChI is InChI=1S/C19H28N2O4S/c1-25-12-11-20-18(22)17-13-21(15-19(17)9-5-6-10-19)26(23,24)14-16-7-3-2-4-8-16/h2-4,7-8,17H,5-6,9-15H2,1H3,(H,20,22). The Morgan fingerprint density at radius 2 is 1.96 bits per heavy atom. The third-order valence-electron chi connectivity index (χ3n) is 5.72.